The van der Waals surface area contributed by atoms with E-state index in [9.17, 15) is 9.59 Å². The standard InChI is InChI=1S/C20H23N3O2/c1-3-22-12-17(18(24)16-7-4-13(2)21-19(16)22)20(25)23-10-8-15(9-11-23)14-5-6-14/h4,7,12H,3,5-6,8-11H2,1-2H3. The Labute approximate surface area is 147 Å². The first-order valence-corrected chi connectivity index (χ1v) is 9.08. The second-order valence-electron chi connectivity index (χ2n) is 6.98. The van der Waals surface area contributed by atoms with Crippen molar-refractivity contribution in [1.82, 2.24) is 14.5 Å². The maximum absolute atomic E-state index is 13.0. The lowest BCUT2D eigenvalue weighted by molar-refractivity contribution is 0.0741. The zero-order valence-corrected chi connectivity index (χ0v) is 14.8. The van der Waals surface area contributed by atoms with E-state index in [1.165, 1.54) is 18.4 Å². The normalized spacial score (nSPS) is 17.3. The molecule has 2 aliphatic rings. The van der Waals surface area contributed by atoms with Crippen molar-refractivity contribution in [2.75, 3.05) is 13.1 Å². The lowest BCUT2D eigenvalue weighted by Crippen LogP contribution is -2.39. The van der Waals surface area contributed by atoms with Gasteiger partial charge in [0.15, 0.2) is 0 Å². The summed E-state index contributed by atoms with van der Waals surface area (Å²) in [4.78, 5) is 32.2. The van der Waals surface area contributed by atoms with Crippen LogP contribution in [0.2, 0.25) is 0 Å². The number of pyridine rings is 2. The highest BCUT2D eigenvalue weighted by molar-refractivity contribution is 5.97. The van der Waals surface area contributed by atoms with Crippen molar-refractivity contribution >= 4 is 16.9 Å². The molecule has 1 saturated heterocycles. The van der Waals surface area contributed by atoms with E-state index < -0.39 is 0 Å². The Bertz CT molecular complexity index is 939. The molecule has 5 nitrogen and oxygen atoms in total. The van der Waals surface area contributed by atoms with Crippen LogP contribution in [0.4, 0.5) is 0 Å². The fourth-order valence-corrected chi connectivity index (χ4v) is 3.67. The summed E-state index contributed by atoms with van der Waals surface area (Å²) in [5.74, 6) is -0.144. The zero-order chi connectivity index (χ0) is 17.6. The summed E-state index contributed by atoms with van der Waals surface area (Å²) in [5.41, 5.74) is 4.71. The van der Waals surface area contributed by atoms with Crippen LogP contribution in [0.25, 0.3) is 11.0 Å². The van der Waals surface area contributed by atoms with Crippen molar-refractivity contribution < 1.29 is 4.79 Å². The van der Waals surface area contributed by atoms with E-state index in [1.807, 2.05) is 29.4 Å². The smallest absolute Gasteiger partial charge is 0.259 e. The topological polar surface area (TPSA) is 55.2 Å². The second kappa shape index (κ2) is 6.14. The number of aromatic nitrogens is 2. The van der Waals surface area contributed by atoms with Gasteiger partial charge in [-0.15, -0.1) is 0 Å². The van der Waals surface area contributed by atoms with Crippen molar-refractivity contribution in [2.24, 2.45) is 0 Å². The lowest BCUT2D eigenvalue weighted by atomic mass is 10.0. The Morgan fingerprint density at radius 2 is 1.80 bits per heavy atom. The van der Waals surface area contributed by atoms with Gasteiger partial charge in [0.25, 0.3) is 5.91 Å². The molecule has 1 amide bonds. The van der Waals surface area contributed by atoms with Gasteiger partial charge in [-0.05, 0) is 51.7 Å². The Morgan fingerprint density at radius 1 is 1.12 bits per heavy atom. The third-order valence-electron chi connectivity index (χ3n) is 5.29. The maximum Gasteiger partial charge on any atom is 0.259 e. The minimum absolute atomic E-state index is 0.144. The first-order valence-electron chi connectivity index (χ1n) is 9.08. The lowest BCUT2D eigenvalue weighted by Gasteiger charge is -2.28. The summed E-state index contributed by atoms with van der Waals surface area (Å²) in [7, 11) is 0. The third kappa shape index (κ3) is 2.88. The van der Waals surface area contributed by atoms with E-state index in [-0.39, 0.29) is 16.9 Å². The molecule has 0 aromatic carbocycles. The number of hydrogen-bond acceptors (Lipinski definition) is 3. The molecule has 0 radical (unpaired) electrons. The van der Waals surface area contributed by atoms with Crippen LogP contribution in [-0.4, -0.2) is 33.4 Å². The SMILES string of the molecule is CCn1cc(C(=O)N2CCC(=C3CC3)CC2)c(=O)c2ccc(C)nc21. The number of carbonyl (C=O) groups is 1. The van der Waals surface area contributed by atoms with Gasteiger partial charge >= 0.3 is 0 Å². The molecule has 25 heavy (non-hydrogen) atoms. The van der Waals surface area contributed by atoms with Crippen LogP contribution < -0.4 is 5.43 Å². The molecule has 2 fully saturated rings. The van der Waals surface area contributed by atoms with Gasteiger partial charge in [0.1, 0.15) is 11.2 Å². The van der Waals surface area contributed by atoms with Gasteiger partial charge in [-0.1, -0.05) is 11.1 Å². The molecule has 4 rings (SSSR count). The molecule has 2 aromatic rings. The van der Waals surface area contributed by atoms with E-state index in [0.717, 1.165) is 18.5 Å². The highest BCUT2D eigenvalue weighted by atomic mass is 16.2. The Balaban J connectivity index is 1.70. The monoisotopic (exact) mass is 337 g/mol. The van der Waals surface area contributed by atoms with Gasteiger partial charge in [-0.25, -0.2) is 4.98 Å². The van der Waals surface area contributed by atoms with Crippen LogP contribution in [-0.2, 0) is 6.54 Å². The van der Waals surface area contributed by atoms with Crippen LogP contribution in [0, 0.1) is 6.92 Å². The van der Waals surface area contributed by atoms with Crippen molar-refractivity contribution in [1.29, 1.82) is 0 Å². The van der Waals surface area contributed by atoms with Crippen molar-refractivity contribution in [3.05, 3.63) is 51.0 Å². The molecule has 0 bridgehead atoms. The molecule has 5 heteroatoms. The molecule has 3 heterocycles. The Morgan fingerprint density at radius 3 is 2.44 bits per heavy atom. The highest BCUT2D eigenvalue weighted by Gasteiger charge is 2.27. The number of aryl methyl sites for hydroxylation is 2. The predicted octanol–water partition coefficient (Wildman–Crippen LogP) is 3.05. The summed E-state index contributed by atoms with van der Waals surface area (Å²) in [6, 6.07) is 3.61. The predicted molar refractivity (Wildman–Crippen MR) is 97.8 cm³/mol. The van der Waals surface area contributed by atoms with Crippen LogP contribution in [0.3, 0.4) is 0 Å². The average Bonchev–Trinajstić information content (AvgIpc) is 3.47. The van der Waals surface area contributed by atoms with Crippen LogP contribution in [0.1, 0.15) is 48.7 Å². The van der Waals surface area contributed by atoms with Gasteiger partial charge < -0.3 is 9.47 Å². The van der Waals surface area contributed by atoms with Gasteiger partial charge in [-0.3, -0.25) is 9.59 Å². The maximum atomic E-state index is 13.0. The number of allylic oxidation sites excluding steroid dienone is 1. The van der Waals surface area contributed by atoms with Gasteiger partial charge in [0, 0.05) is 31.5 Å². The molecule has 0 atom stereocenters. The number of hydrogen-bond donors (Lipinski definition) is 0. The quantitative estimate of drug-likeness (QED) is 0.792. The summed E-state index contributed by atoms with van der Waals surface area (Å²) in [6.45, 7) is 6.00. The van der Waals surface area contributed by atoms with E-state index in [0.29, 0.717) is 30.7 Å². The Hall–Kier alpha value is -2.43. The number of fused-ring (bicyclic) bond motifs is 1. The largest absolute Gasteiger partial charge is 0.338 e. The van der Waals surface area contributed by atoms with Crippen molar-refractivity contribution in [3.63, 3.8) is 0 Å². The van der Waals surface area contributed by atoms with E-state index in [1.54, 1.807) is 17.8 Å². The summed E-state index contributed by atoms with van der Waals surface area (Å²) in [6.07, 6.45) is 6.08. The zero-order valence-electron chi connectivity index (χ0n) is 14.8. The molecule has 1 aliphatic heterocycles. The van der Waals surface area contributed by atoms with Crippen molar-refractivity contribution in [2.45, 2.75) is 46.1 Å². The molecule has 1 aliphatic carbocycles. The summed E-state index contributed by atoms with van der Waals surface area (Å²) in [5, 5.41) is 0.524. The molecule has 1 saturated carbocycles. The summed E-state index contributed by atoms with van der Waals surface area (Å²) < 4.78 is 1.90. The van der Waals surface area contributed by atoms with E-state index in [4.69, 9.17) is 0 Å². The molecule has 0 unspecified atom stereocenters. The van der Waals surface area contributed by atoms with E-state index >= 15 is 0 Å². The number of amides is 1. The average molecular weight is 337 g/mol. The fourth-order valence-electron chi connectivity index (χ4n) is 3.67. The van der Waals surface area contributed by atoms with Crippen LogP contribution >= 0.6 is 0 Å². The van der Waals surface area contributed by atoms with Gasteiger partial charge in [0.05, 0.1) is 5.39 Å². The van der Waals surface area contributed by atoms with Crippen LogP contribution in [0.5, 0.6) is 0 Å². The van der Waals surface area contributed by atoms with Crippen LogP contribution in [0.15, 0.2) is 34.3 Å². The number of nitrogens with zero attached hydrogens (tertiary/aromatic N) is 3. The Kier molecular flexibility index (Phi) is 3.94. The minimum atomic E-state index is -0.205. The highest BCUT2D eigenvalue weighted by Crippen LogP contribution is 2.36. The minimum Gasteiger partial charge on any atom is -0.338 e. The molecule has 0 N–H and O–H groups in total. The van der Waals surface area contributed by atoms with Crippen molar-refractivity contribution in [3.8, 4) is 0 Å². The van der Waals surface area contributed by atoms with Gasteiger partial charge in [-0.2, -0.15) is 0 Å². The van der Waals surface area contributed by atoms with E-state index in [2.05, 4.69) is 4.98 Å². The van der Waals surface area contributed by atoms with Gasteiger partial charge in [0.2, 0.25) is 5.43 Å². The second-order valence-corrected chi connectivity index (χ2v) is 6.98. The molecule has 130 valence electrons. The number of piperidine rings is 1. The third-order valence-corrected chi connectivity index (χ3v) is 5.29. The number of likely N-dealkylation sites (tertiary alicyclic amines) is 1. The molecular weight excluding hydrogens is 314 g/mol. The molecule has 2 aromatic heterocycles. The summed E-state index contributed by atoms with van der Waals surface area (Å²) >= 11 is 0. The first-order chi connectivity index (χ1) is 12.1. The molecule has 0 spiro atoms. The number of rotatable bonds is 2. The number of carbonyl (C=O) groups excluding carboxylic acids is 1. The first kappa shape index (κ1) is 16.1. The molecular formula is C20H23N3O2. The fraction of sp³-hybridized carbons (Fsp3) is 0.450.